The highest BCUT2D eigenvalue weighted by molar-refractivity contribution is 7.99. The van der Waals surface area contributed by atoms with Crippen molar-refractivity contribution in [2.75, 3.05) is 10.7 Å². The van der Waals surface area contributed by atoms with Crippen LogP contribution in [0.2, 0.25) is 10.0 Å². The van der Waals surface area contributed by atoms with E-state index < -0.39 is 0 Å². The summed E-state index contributed by atoms with van der Waals surface area (Å²) in [5, 5.41) is 3.89. The molecule has 29 heavy (non-hydrogen) atoms. The number of hydrogen-bond acceptors (Lipinski definition) is 6. The van der Waals surface area contributed by atoms with Crippen molar-refractivity contribution in [2.24, 2.45) is 4.99 Å². The third kappa shape index (κ3) is 3.46. The molecule has 0 bridgehead atoms. The van der Waals surface area contributed by atoms with Gasteiger partial charge in [-0.2, -0.15) is 0 Å². The van der Waals surface area contributed by atoms with Crippen molar-refractivity contribution < 1.29 is 0 Å². The SMILES string of the molecule is Clc1ccccc1N1C=c2c(Cl)cccc2=NC1CSc1ncnc2nc[nH]c12. The normalized spacial score (nSPS) is 15.7. The lowest BCUT2D eigenvalue weighted by molar-refractivity contribution is 0.739. The van der Waals surface area contributed by atoms with Gasteiger partial charge in [-0.05, 0) is 24.3 Å². The van der Waals surface area contributed by atoms with Crippen molar-refractivity contribution in [3.63, 3.8) is 0 Å². The molecular weight excluding hydrogens is 427 g/mol. The van der Waals surface area contributed by atoms with Crippen molar-refractivity contribution >= 4 is 58.0 Å². The summed E-state index contributed by atoms with van der Waals surface area (Å²) < 4.78 is 0. The fourth-order valence-corrected chi connectivity index (χ4v) is 4.64. The van der Waals surface area contributed by atoms with E-state index in [0.29, 0.717) is 21.4 Å². The van der Waals surface area contributed by atoms with Gasteiger partial charge in [-0.1, -0.05) is 53.2 Å². The smallest absolute Gasteiger partial charge is 0.181 e. The minimum absolute atomic E-state index is 0.182. The highest BCUT2D eigenvalue weighted by Gasteiger charge is 2.23. The van der Waals surface area contributed by atoms with Crippen molar-refractivity contribution in [2.45, 2.75) is 11.2 Å². The monoisotopic (exact) mass is 440 g/mol. The molecule has 6 nitrogen and oxygen atoms in total. The fraction of sp³-hybridized carbons (Fsp3) is 0.100. The van der Waals surface area contributed by atoms with Crippen LogP contribution < -0.4 is 15.5 Å². The molecule has 1 N–H and O–H groups in total. The molecule has 1 unspecified atom stereocenters. The first-order valence-electron chi connectivity index (χ1n) is 8.84. The van der Waals surface area contributed by atoms with Gasteiger partial charge in [0.2, 0.25) is 0 Å². The summed E-state index contributed by atoms with van der Waals surface area (Å²) in [6, 6.07) is 13.5. The summed E-state index contributed by atoms with van der Waals surface area (Å²) in [4.78, 5) is 22.9. The molecule has 0 fully saturated rings. The Morgan fingerprint density at radius 2 is 1.86 bits per heavy atom. The minimum Gasteiger partial charge on any atom is -0.341 e. The first-order chi connectivity index (χ1) is 14.2. The maximum absolute atomic E-state index is 6.49. The van der Waals surface area contributed by atoms with Gasteiger partial charge in [-0.15, -0.1) is 0 Å². The van der Waals surface area contributed by atoms with E-state index in [-0.39, 0.29) is 6.17 Å². The molecule has 1 atom stereocenters. The zero-order chi connectivity index (χ0) is 19.8. The maximum Gasteiger partial charge on any atom is 0.181 e. The van der Waals surface area contributed by atoms with Crippen molar-refractivity contribution in [1.29, 1.82) is 0 Å². The summed E-state index contributed by atoms with van der Waals surface area (Å²) in [7, 11) is 0. The second-order valence-corrected chi connectivity index (χ2v) is 8.18. The number of rotatable bonds is 4. The number of H-pyrrole nitrogens is 1. The van der Waals surface area contributed by atoms with E-state index in [1.54, 1.807) is 18.1 Å². The number of imidazole rings is 1. The second kappa shape index (κ2) is 7.67. The molecule has 1 aliphatic rings. The molecule has 0 saturated carbocycles. The van der Waals surface area contributed by atoms with Gasteiger partial charge in [0.15, 0.2) is 5.65 Å². The van der Waals surface area contributed by atoms with E-state index in [9.17, 15) is 0 Å². The van der Waals surface area contributed by atoms with E-state index in [1.165, 1.54) is 6.33 Å². The largest absolute Gasteiger partial charge is 0.341 e. The number of benzene rings is 2. The third-order valence-electron chi connectivity index (χ3n) is 4.60. The topological polar surface area (TPSA) is 70.1 Å². The molecular formula is C20H14Cl2N6S. The first kappa shape index (κ1) is 18.4. The summed E-state index contributed by atoms with van der Waals surface area (Å²) in [6.07, 6.45) is 4.98. The van der Waals surface area contributed by atoms with E-state index >= 15 is 0 Å². The molecule has 0 radical (unpaired) electrons. The van der Waals surface area contributed by atoms with Crippen LogP contribution in [0.3, 0.4) is 0 Å². The Bertz CT molecular complexity index is 1320. The van der Waals surface area contributed by atoms with Crippen molar-refractivity contribution in [3.8, 4) is 0 Å². The van der Waals surface area contributed by atoms with Crippen molar-refractivity contribution in [3.05, 3.63) is 75.7 Å². The number of para-hydroxylation sites is 1. The molecule has 144 valence electrons. The van der Waals surface area contributed by atoms with Crippen LogP contribution in [-0.4, -0.2) is 31.9 Å². The standard InChI is InChI=1S/C20H14Cl2N6S/c21-13-5-3-6-15-12(13)8-28(16-7-2-1-4-14(16)22)17(27-15)9-29-20-18-19(24-10-23-18)25-11-26-20/h1-8,10-11,17H,9H2,(H,23,24,25,26). The van der Waals surface area contributed by atoms with Gasteiger partial charge in [-0.3, -0.25) is 4.99 Å². The van der Waals surface area contributed by atoms with Gasteiger partial charge in [0, 0.05) is 17.2 Å². The third-order valence-corrected chi connectivity index (χ3v) is 6.29. The lowest BCUT2D eigenvalue weighted by Gasteiger charge is -2.30. The number of nitrogens with zero attached hydrogens (tertiary/aromatic N) is 5. The highest BCUT2D eigenvalue weighted by atomic mass is 35.5. The fourth-order valence-electron chi connectivity index (χ4n) is 3.23. The lowest BCUT2D eigenvalue weighted by Crippen LogP contribution is -2.43. The zero-order valence-electron chi connectivity index (χ0n) is 15.0. The number of aromatic nitrogens is 4. The average Bonchev–Trinajstić information content (AvgIpc) is 3.22. The highest BCUT2D eigenvalue weighted by Crippen LogP contribution is 2.31. The Hall–Kier alpha value is -2.61. The molecule has 0 amide bonds. The van der Waals surface area contributed by atoms with Crippen LogP contribution in [0.1, 0.15) is 0 Å². The molecule has 1 aliphatic heterocycles. The Morgan fingerprint density at radius 1 is 1.00 bits per heavy atom. The molecule has 2 aromatic carbocycles. The molecule has 0 saturated heterocycles. The molecule has 3 heterocycles. The molecule has 0 spiro atoms. The van der Waals surface area contributed by atoms with Gasteiger partial charge >= 0.3 is 0 Å². The molecule has 0 aliphatic carbocycles. The summed E-state index contributed by atoms with van der Waals surface area (Å²) in [5.74, 6) is 0.652. The molecule has 5 rings (SSSR count). The van der Waals surface area contributed by atoms with Crippen LogP contribution in [0, 0.1) is 0 Å². The van der Waals surface area contributed by atoms with Crippen LogP contribution in [0.5, 0.6) is 0 Å². The molecule has 9 heteroatoms. The number of fused-ring (bicyclic) bond motifs is 2. The van der Waals surface area contributed by atoms with Crippen LogP contribution in [0.15, 0.2) is 65.1 Å². The predicted octanol–water partition coefficient (Wildman–Crippen LogP) is 3.66. The molecule has 4 aromatic rings. The van der Waals surface area contributed by atoms with Gasteiger partial charge < -0.3 is 9.88 Å². The van der Waals surface area contributed by atoms with Crippen LogP contribution in [0.25, 0.3) is 17.4 Å². The van der Waals surface area contributed by atoms with E-state index in [0.717, 1.165) is 26.8 Å². The van der Waals surface area contributed by atoms with Gasteiger partial charge in [0.1, 0.15) is 23.0 Å². The quantitative estimate of drug-likeness (QED) is 0.387. The number of halogens is 2. The Labute approximate surface area is 180 Å². The Kier molecular flexibility index (Phi) is 4.87. The van der Waals surface area contributed by atoms with Crippen LogP contribution >= 0.6 is 35.0 Å². The van der Waals surface area contributed by atoms with Gasteiger partial charge in [0.05, 0.1) is 27.4 Å². The summed E-state index contributed by atoms with van der Waals surface area (Å²) >= 11 is 14.5. The van der Waals surface area contributed by atoms with Gasteiger partial charge in [-0.25, -0.2) is 15.0 Å². The molecule has 2 aromatic heterocycles. The number of nitrogens with one attached hydrogen (secondary N) is 1. The lowest BCUT2D eigenvalue weighted by atomic mass is 10.2. The van der Waals surface area contributed by atoms with Crippen molar-refractivity contribution in [1.82, 2.24) is 19.9 Å². The van der Waals surface area contributed by atoms with Gasteiger partial charge in [0.25, 0.3) is 0 Å². The zero-order valence-corrected chi connectivity index (χ0v) is 17.3. The van der Waals surface area contributed by atoms with Crippen LogP contribution in [-0.2, 0) is 0 Å². The second-order valence-electron chi connectivity index (χ2n) is 6.36. The summed E-state index contributed by atoms with van der Waals surface area (Å²) in [5.41, 5.74) is 2.35. The Balaban J connectivity index is 1.55. The van der Waals surface area contributed by atoms with E-state index in [2.05, 4.69) is 24.8 Å². The average molecular weight is 441 g/mol. The minimum atomic E-state index is -0.182. The van der Waals surface area contributed by atoms with E-state index in [1.807, 2.05) is 48.7 Å². The summed E-state index contributed by atoms with van der Waals surface area (Å²) in [6.45, 7) is 0. The van der Waals surface area contributed by atoms with E-state index in [4.69, 9.17) is 28.2 Å². The predicted molar refractivity (Wildman–Crippen MR) is 117 cm³/mol. The first-order valence-corrected chi connectivity index (χ1v) is 10.6. The number of thioether (sulfide) groups is 1. The number of hydrogen-bond donors (Lipinski definition) is 1. The van der Waals surface area contributed by atoms with Crippen LogP contribution in [0.4, 0.5) is 5.69 Å². The number of anilines is 1. The Morgan fingerprint density at radius 3 is 2.76 bits per heavy atom. The maximum atomic E-state index is 6.49. The number of aromatic amines is 1.